The number of hydrogen-bond donors (Lipinski definition) is 1. The summed E-state index contributed by atoms with van der Waals surface area (Å²) in [7, 11) is 0. The van der Waals surface area contributed by atoms with Crippen molar-refractivity contribution in [2.24, 2.45) is 11.7 Å². The molecule has 2 N–H and O–H groups in total. The highest BCUT2D eigenvalue weighted by Crippen LogP contribution is 2.23. The van der Waals surface area contributed by atoms with E-state index >= 15 is 0 Å². The molecule has 0 heterocycles. The van der Waals surface area contributed by atoms with Gasteiger partial charge < -0.3 is 5.73 Å². The predicted molar refractivity (Wildman–Crippen MR) is 40.3 cm³/mol. The molecule has 52 valence electrons. The van der Waals surface area contributed by atoms with Crippen LogP contribution >= 0.6 is 11.6 Å². The second-order valence-electron chi connectivity index (χ2n) is 2.50. The largest absolute Gasteiger partial charge is 0.330 e. The molecule has 1 rings (SSSR count). The van der Waals surface area contributed by atoms with Crippen LogP contribution in [0.4, 0.5) is 0 Å². The lowest BCUT2D eigenvalue weighted by atomic mass is 9.96. The predicted octanol–water partition coefficient (Wildman–Crippen LogP) is 1.87. The Hall–Kier alpha value is -0.0100. The lowest BCUT2D eigenvalue weighted by Gasteiger charge is -2.15. The number of allylic oxidation sites excluding steroid dienone is 1. The fourth-order valence-corrected chi connectivity index (χ4v) is 1.45. The average Bonchev–Trinajstić information content (AvgIpc) is 1.88. The zero-order chi connectivity index (χ0) is 6.69. The SMILES string of the molecule is NC[C@H]1C=C(Cl)CCC1. The van der Waals surface area contributed by atoms with Gasteiger partial charge in [0.2, 0.25) is 0 Å². The summed E-state index contributed by atoms with van der Waals surface area (Å²) in [4.78, 5) is 0. The minimum Gasteiger partial charge on any atom is -0.330 e. The van der Waals surface area contributed by atoms with Crippen molar-refractivity contribution in [3.63, 3.8) is 0 Å². The number of hydrogen-bond acceptors (Lipinski definition) is 1. The van der Waals surface area contributed by atoms with E-state index in [1.807, 2.05) is 0 Å². The van der Waals surface area contributed by atoms with E-state index in [0.29, 0.717) is 5.92 Å². The van der Waals surface area contributed by atoms with Crippen molar-refractivity contribution >= 4 is 11.6 Å². The van der Waals surface area contributed by atoms with Crippen LogP contribution in [0.1, 0.15) is 19.3 Å². The summed E-state index contributed by atoms with van der Waals surface area (Å²) in [5.74, 6) is 0.547. The first-order valence-electron chi connectivity index (χ1n) is 3.39. The smallest absolute Gasteiger partial charge is 0.0144 e. The van der Waals surface area contributed by atoms with Crippen LogP contribution in [0.3, 0.4) is 0 Å². The Morgan fingerprint density at radius 1 is 1.78 bits per heavy atom. The highest BCUT2D eigenvalue weighted by atomic mass is 35.5. The van der Waals surface area contributed by atoms with Gasteiger partial charge in [-0.05, 0) is 31.7 Å². The molecule has 0 fully saturated rings. The third kappa shape index (κ3) is 1.99. The van der Waals surface area contributed by atoms with Crippen LogP contribution in [-0.2, 0) is 0 Å². The molecule has 0 spiro atoms. The second-order valence-corrected chi connectivity index (χ2v) is 2.99. The van der Waals surface area contributed by atoms with Gasteiger partial charge in [-0.1, -0.05) is 17.7 Å². The van der Waals surface area contributed by atoms with Gasteiger partial charge >= 0.3 is 0 Å². The molecule has 1 nitrogen and oxygen atoms in total. The molecule has 0 saturated carbocycles. The summed E-state index contributed by atoms with van der Waals surface area (Å²) >= 11 is 5.80. The van der Waals surface area contributed by atoms with Crippen LogP contribution in [0, 0.1) is 5.92 Å². The molecule has 0 bridgehead atoms. The van der Waals surface area contributed by atoms with E-state index in [-0.39, 0.29) is 0 Å². The molecule has 2 heteroatoms. The Morgan fingerprint density at radius 3 is 3.00 bits per heavy atom. The van der Waals surface area contributed by atoms with Crippen LogP contribution in [0.15, 0.2) is 11.1 Å². The van der Waals surface area contributed by atoms with Gasteiger partial charge in [0, 0.05) is 5.03 Å². The minimum absolute atomic E-state index is 0.547. The highest BCUT2D eigenvalue weighted by molar-refractivity contribution is 6.29. The molecule has 0 aromatic heterocycles. The molecule has 0 aromatic rings. The molecule has 0 unspecified atom stereocenters. The summed E-state index contributed by atoms with van der Waals surface area (Å²) in [6, 6.07) is 0. The molecule has 0 saturated heterocycles. The van der Waals surface area contributed by atoms with Crippen molar-refractivity contribution in [3.8, 4) is 0 Å². The van der Waals surface area contributed by atoms with Crippen LogP contribution in [-0.4, -0.2) is 6.54 Å². The van der Waals surface area contributed by atoms with Crippen LogP contribution in [0.25, 0.3) is 0 Å². The molecule has 0 aromatic carbocycles. The third-order valence-corrected chi connectivity index (χ3v) is 2.02. The van der Waals surface area contributed by atoms with Crippen molar-refractivity contribution in [1.29, 1.82) is 0 Å². The molecule has 1 aliphatic rings. The molecule has 0 radical (unpaired) electrons. The Bertz CT molecular complexity index is 120. The monoisotopic (exact) mass is 145 g/mol. The first-order chi connectivity index (χ1) is 4.33. The van der Waals surface area contributed by atoms with Gasteiger partial charge in [-0.25, -0.2) is 0 Å². The van der Waals surface area contributed by atoms with Crippen molar-refractivity contribution in [3.05, 3.63) is 11.1 Å². The molecular weight excluding hydrogens is 134 g/mol. The van der Waals surface area contributed by atoms with E-state index in [1.54, 1.807) is 0 Å². The second kappa shape index (κ2) is 3.23. The van der Waals surface area contributed by atoms with E-state index in [9.17, 15) is 0 Å². The molecule has 1 atom stereocenters. The zero-order valence-electron chi connectivity index (χ0n) is 5.44. The summed E-state index contributed by atoms with van der Waals surface area (Å²) in [6.07, 6.45) is 5.56. The van der Waals surface area contributed by atoms with Gasteiger partial charge in [0.1, 0.15) is 0 Å². The van der Waals surface area contributed by atoms with E-state index in [1.165, 1.54) is 12.8 Å². The Morgan fingerprint density at radius 2 is 2.56 bits per heavy atom. The molecule has 0 aliphatic heterocycles. The van der Waals surface area contributed by atoms with Crippen molar-refractivity contribution in [2.45, 2.75) is 19.3 Å². The van der Waals surface area contributed by atoms with Crippen molar-refractivity contribution in [2.75, 3.05) is 6.54 Å². The first-order valence-corrected chi connectivity index (χ1v) is 3.77. The van der Waals surface area contributed by atoms with Crippen LogP contribution in [0.5, 0.6) is 0 Å². The summed E-state index contributed by atoms with van der Waals surface area (Å²) in [6.45, 7) is 0.746. The molecule has 9 heavy (non-hydrogen) atoms. The summed E-state index contributed by atoms with van der Waals surface area (Å²) < 4.78 is 0. The van der Waals surface area contributed by atoms with Gasteiger partial charge in [-0.15, -0.1) is 0 Å². The Labute approximate surface area is 60.9 Å². The maximum absolute atomic E-state index is 5.80. The van der Waals surface area contributed by atoms with Crippen molar-refractivity contribution in [1.82, 2.24) is 0 Å². The average molecular weight is 146 g/mol. The third-order valence-electron chi connectivity index (χ3n) is 1.71. The maximum Gasteiger partial charge on any atom is 0.0144 e. The molecule has 1 aliphatic carbocycles. The van der Waals surface area contributed by atoms with E-state index in [0.717, 1.165) is 18.0 Å². The lowest BCUT2D eigenvalue weighted by Crippen LogP contribution is -2.14. The molecule has 0 amide bonds. The van der Waals surface area contributed by atoms with Gasteiger partial charge in [0.05, 0.1) is 0 Å². The fraction of sp³-hybridized carbons (Fsp3) is 0.714. The lowest BCUT2D eigenvalue weighted by molar-refractivity contribution is 0.546. The van der Waals surface area contributed by atoms with Gasteiger partial charge in [0.25, 0.3) is 0 Å². The van der Waals surface area contributed by atoms with Gasteiger partial charge in [-0.2, -0.15) is 0 Å². The maximum atomic E-state index is 5.80. The van der Waals surface area contributed by atoms with E-state index < -0.39 is 0 Å². The van der Waals surface area contributed by atoms with E-state index in [2.05, 4.69) is 6.08 Å². The summed E-state index contributed by atoms with van der Waals surface area (Å²) in [5, 5.41) is 0.997. The topological polar surface area (TPSA) is 26.0 Å². The first kappa shape index (κ1) is 7.10. The highest BCUT2D eigenvalue weighted by Gasteiger charge is 2.09. The number of halogens is 1. The zero-order valence-corrected chi connectivity index (χ0v) is 6.19. The van der Waals surface area contributed by atoms with Gasteiger partial charge in [-0.3, -0.25) is 0 Å². The van der Waals surface area contributed by atoms with Gasteiger partial charge in [0.15, 0.2) is 0 Å². The normalized spacial score (nSPS) is 27.8. The van der Waals surface area contributed by atoms with Crippen LogP contribution in [0.2, 0.25) is 0 Å². The standard InChI is InChI=1S/C7H12ClN/c8-7-3-1-2-6(4-7)5-9/h4,6H,1-3,5,9H2/t6-/m1/s1. The Balaban J connectivity index is 2.47. The Kier molecular flexibility index (Phi) is 2.55. The molecular formula is C7H12ClN. The summed E-state index contributed by atoms with van der Waals surface area (Å²) in [5.41, 5.74) is 5.46. The number of nitrogens with two attached hydrogens (primary N) is 1. The minimum atomic E-state index is 0.547. The van der Waals surface area contributed by atoms with E-state index in [4.69, 9.17) is 17.3 Å². The number of rotatable bonds is 1. The van der Waals surface area contributed by atoms with Crippen LogP contribution < -0.4 is 5.73 Å². The fourth-order valence-electron chi connectivity index (χ4n) is 1.14. The van der Waals surface area contributed by atoms with Crippen molar-refractivity contribution < 1.29 is 0 Å². The quantitative estimate of drug-likeness (QED) is 0.599.